The highest BCUT2D eigenvalue weighted by molar-refractivity contribution is 6.30. The van der Waals surface area contributed by atoms with Gasteiger partial charge in [0, 0.05) is 36.8 Å². The number of nitrogens with two attached hydrogens (primary N) is 1. The zero-order chi connectivity index (χ0) is 18.7. The topological polar surface area (TPSA) is 66.6 Å². The van der Waals surface area contributed by atoms with Gasteiger partial charge in [0.05, 0.1) is 0 Å². The van der Waals surface area contributed by atoms with Crippen LogP contribution in [0.5, 0.6) is 0 Å². The van der Waals surface area contributed by atoms with Crippen molar-refractivity contribution in [2.45, 2.75) is 13.0 Å². The normalized spacial score (nSPS) is 16.3. The molecule has 0 unspecified atom stereocenters. The van der Waals surface area contributed by atoms with E-state index in [1.54, 1.807) is 12.1 Å². The summed E-state index contributed by atoms with van der Waals surface area (Å²) >= 11 is 5.93. The molecule has 1 fully saturated rings. The average Bonchev–Trinajstić information content (AvgIpc) is 2.63. The monoisotopic (exact) mass is 371 g/mol. The molecule has 2 N–H and O–H groups in total. The first-order chi connectivity index (χ1) is 12.5. The summed E-state index contributed by atoms with van der Waals surface area (Å²) in [6.07, 6.45) is 0. The molecule has 1 saturated heterocycles. The van der Waals surface area contributed by atoms with Crippen molar-refractivity contribution >= 4 is 23.4 Å². The Morgan fingerprint density at radius 3 is 2.27 bits per heavy atom. The molecule has 1 aliphatic heterocycles. The van der Waals surface area contributed by atoms with Gasteiger partial charge in [0.1, 0.15) is 6.04 Å². The van der Waals surface area contributed by atoms with Crippen molar-refractivity contribution in [2.24, 2.45) is 5.73 Å². The van der Waals surface area contributed by atoms with Crippen LogP contribution in [0.3, 0.4) is 0 Å². The first kappa shape index (κ1) is 18.4. The Kier molecular flexibility index (Phi) is 5.59. The standard InChI is InChI=1S/C20H22ClN3O2/c1-14-3-2-4-16(13-14)20(26)24-11-9-23(10-12-24)18(19(22)25)15-5-7-17(21)8-6-15/h2-8,13,18H,9-12H2,1H3,(H2,22,25)/t18-/m0/s1. The van der Waals surface area contributed by atoms with Crippen LogP contribution in [-0.4, -0.2) is 47.8 Å². The molecule has 1 atom stereocenters. The minimum absolute atomic E-state index is 0.0236. The fourth-order valence-corrected chi connectivity index (χ4v) is 3.47. The number of hydrogen-bond acceptors (Lipinski definition) is 3. The van der Waals surface area contributed by atoms with Crippen LogP contribution in [0.15, 0.2) is 48.5 Å². The summed E-state index contributed by atoms with van der Waals surface area (Å²) in [5.74, 6) is -0.374. The highest BCUT2D eigenvalue weighted by atomic mass is 35.5. The second-order valence-electron chi connectivity index (χ2n) is 6.55. The van der Waals surface area contributed by atoms with Crippen molar-refractivity contribution in [2.75, 3.05) is 26.2 Å². The summed E-state index contributed by atoms with van der Waals surface area (Å²) in [5, 5.41) is 0.616. The summed E-state index contributed by atoms with van der Waals surface area (Å²) in [4.78, 5) is 28.5. The number of carbonyl (C=O) groups is 2. The van der Waals surface area contributed by atoms with Crippen LogP contribution in [0, 0.1) is 6.92 Å². The summed E-state index contributed by atoms with van der Waals surface area (Å²) in [5.41, 5.74) is 8.22. The van der Waals surface area contributed by atoms with E-state index in [9.17, 15) is 9.59 Å². The molecule has 2 amide bonds. The molecule has 26 heavy (non-hydrogen) atoms. The Morgan fingerprint density at radius 2 is 1.69 bits per heavy atom. The molecular weight excluding hydrogens is 350 g/mol. The number of hydrogen-bond donors (Lipinski definition) is 1. The molecule has 0 radical (unpaired) electrons. The molecular formula is C20H22ClN3O2. The smallest absolute Gasteiger partial charge is 0.253 e. The first-order valence-corrected chi connectivity index (χ1v) is 8.98. The van der Waals surface area contributed by atoms with Gasteiger partial charge in [-0.3, -0.25) is 14.5 Å². The van der Waals surface area contributed by atoms with E-state index >= 15 is 0 Å². The van der Waals surface area contributed by atoms with Crippen LogP contribution in [0.2, 0.25) is 5.02 Å². The van der Waals surface area contributed by atoms with Gasteiger partial charge in [0.25, 0.3) is 5.91 Å². The zero-order valence-corrected chi connectivity index (χ0v) is 15.4. The number of rotatable bonds is 4. The minimum Gasteiger partial charge on any atom is -0.368 e. The summed E-state index contributed by atoms with van der Waals surface area (Å²) in [7, 11) is 0. The second-order valence-corrected chi connectivity index (χ2v) is 6.99. The molecule has 2 aromatic rings. The maximum absolute atomic E-state index is 12.7. The van der Waals surface area contributed by atoms with E-state index in [4.69, 9.17) is 17.3 Å². The largest absolute Gasteiger partial charge is 0.368 e. The molecule has 3 rings (SSSR count). The van der Waals surface area contributed by atoms with E-state index in [0.717, 1.165) is 11.1 Å². The van der Waals surface area contributed by atoms with Gasteiger partial charge >= 0.3 is 0 Å². The quantitative estimate of drug-likeness (QED) is 0.898. The summed E-state index contributed by atoms with van der Waals surface area (Å²) in [6.45, 7) is 4.27. The lowest BCUT2D eigenvalue weighted by Gasteiger charge is -2.38. The van der Waals surface area contributed by atoms with Crippen LogP contribution in [0.4, 0.5) is 0 Å². The molecule has 0 aromatic heterocycles. The van der Waals surface area contributed by atoms with E-state index in [1.165, 1.54) is 0 Å². The van der Waals surface area contributed by atoms with Crippen LogP contribution >= 0.6 is 11.6 Å². The van der Waals surface area contributed by atoms with Gasteiger partial charge in [-0.15, -0.1) is 0 Å². The summed E-state index contributed by atoms with van der Waals surface area (Å²) < 4.78 is 0. The lowest BCUT2D eigenvalue weighted by Crippen LogP contribution is -2.51. The van der Waals surface area contributed by atoms with Crippen molar-refractivity contribution in [1.82, 2.24) is 9.80 Å². The molecule has 136 valence electrons. The molecule has 2 aromatic carbocycles. The predicted molar refractivity (Wildman–Crippen MR) is 102 cm³/mol. The van der Waals surface area contributed by atoms with Gasteiger partial charge in [-0.1, -0.05) is 41.4 Å². The van der Waals surface area contributed by atoms with E-state index in [-0.39, 0.29) is 5.91 Å². The molecule has 5 nitrogen and oxygen atoms in total. The van der Waals surface area contributed by atoms with Gasteiger partial charge in [-0.2, -0.15) is 0 Å². The Bertz CT molecular complexity index is 799. The van der Waals surface area contributed by atoms with Crippen molar-refractivity contribution in [1.29, 1.82) is 0 Å². The third kappa shape index (κ3) is 4.06. The van der Waals surface area contributed by atoms with Crippen LogP contribution in [0.1, 0.15) is 27.5 Å². The zero-order valence-electron chi connectivity index (χ0n) is 14.7. The fraction of sp³-hybridized carbons (Fsp3) is 0.300. The third-order valence-electron chi connectivity index (χ3n) is 4.69. The fourth-order valence-electron chi connectivity index (χ4n) is 3.34. The number of nitrogens with zero attached hydrogens (tertiary/aromatic N) is 2. The maximum Gasteiger partial charge on any atom is 0.253 e. The maximum atomic E-state index is 12.7. The second kappa shape index (κ2) is 7.89. The van der Waals surface area contributed by atoms with Gasteiger partial charge in [-0.25, -0.2) is 0 Å². The van der Waals surface area contributed by atoms with Crippen LogP contribution in [-0.2, 0) is 4.79 Å². The van der Waals surface area contributed by atoms with Gasteiger partial charge in [-0.05, 0) is 36.8 Å². The molecule has 6 heteroatoms. The Labute approximate surface area is 158 Å². The van der Waals surface area contributed by atoms with E-state index in [0.29, 0.717) is 36.8 Å². The van der Waals surface area contributed by atoms with Crippen molar-refractivity contribution in [3.63, 3.8) is 0 Å². The molecule has 0 bridgehead atoms. The number of benzene rings is 2. The van der Waals surface area contributed by atoms with Crippen LogP contribution < -0.4 is 5.73 Å². The molecule has 0 saturated carbocycles. The van der Waals surface area contributed by atoms with Crippen molar-refractivity contribution < 1.29 is 9.59 Å². The lowest BCUT2D eigenvalue weighted by molar-refractivity contribution is -0.124. The Balaban J connectivity index is 1.69. The number of piperazine rings is 1. The van der Waals surface area contributed by atoms with Crippen molar-refractivity contribution in [3.8, 4) is 0 Å². The molecule has 0 aliphatic carbocycles. The van der Waals surface area contributed by atoms with Crippen molar-refractivity contribution in [3.05, 3.63) is 70.2 Å². The Hall–Kier alpha value is -2.37. The predicted octanol–water partition coefficient (Wildman–Crippen LogP) is 2.63. The summed E-state index contributed by atoms with van der Waals surface area (Å²) in [6, 6.07) is 14.2. The van der Waals surface area contributed by atoms with E-state index < -0.39 is 11.9 Å². The first-order valence-electron chi connectivity index (χ1n) is 8.60. The third-order valence-corrected chi connectivity index (χ3v) is 4.94. The average molecular weight is 372 g/mol. The SMILES string of the molecule is Cc1cccc(C(=O)N2CCN([C@H](C(N)=O)c3ccc(Cl)cc3)CC2)c1. The number of halogens is 1. The number of primary amides is 1. The van der Waals surface area contributed by atoms with Gasteiger partial charge < -0.3 is 10.6 Å². The number of amides is 2. The van der Waals surface area contributed by atoms with E-state index in [2.05, 4.69) is 0 Å². The molecule has 1 aliphatic rings. The Morgan fingerprint density at radius 1 is 1.04 bits per heavy atom. The van der Waals surface area contributed by atoms with E-state index in [1.807, 2.05) is 53.1 Å². The lowest BCUT2D eigenvalue weighted by atomic mass is 10.0. The number of carbonyl (C=O) groups excluding carboxylic acids is 2. The van der Waals surface area contributed by atoms with Crippen LogP contribution in [0.25, 0.3) is 0 Å². The number of aryl methyl sites for hydroxylation is 1. The molecule has 1 heterocycles. The highest BCUT2D eigenvalue weighted by Crippen LogP contribution is 2.24. The highest BCUT2D eigenvalue weighted by Gasteiger charge is 2.30. The molecule has 0 spiro atoms. The minimum atomic E-state index is -0.511. The van der Waals surface area contributed by atoms with Gasteiger partial charge in [0.2, 0.25) is 5.91 Å². The van der Waals surface area contributed by atoms with Gasteiger partial charge in [0.15, 0.2) is 0 Å².